The molecule has 0 saturated heterocycles. The van der Waals surface area contributed by atoms with Crippen molar-refractivity contribution in [3.05, 3.63) is 42.0 Å². The van der Waals surface area contributed by atoms with Gasteiger partial charge in [0.25, 0.3) is 0 Å². The number of aromatic nitrogens is 5. The van der Waals surface area contributed by atoms with Crippen LogP contribution in [0.1, 0.15) is 19.8 Å². The molecule has 0 aliphatic carbocycles. The van der Waals surface area contributed by atoms with Crippen LogP contribution in [0.25, 0.3) is 33.4 Å². The van der Waals surface area contributed by atoms with Crippen molar-refractivity contribution >= 4 is 32.4 Å². The molecule has 1 aromatic carbocycles. The molecule has 0 unspecified atom stereocenters. The van der Waals surface area contributed by atoms with E-state index in [-0.39, 0.29) is 4.90 Å². The maximum Gasteiger partial charge on any atom is 0.238 e. The number of aryl methyl sites for hydroxylation is 1. The fourth-order valence-electron chi connectivity index (χ4n) is 2.91. The Kier molecular flexibility index (Phi) is 4.92. The third-order valence-corrected chi connectivity index (χ3v) is 6.02. The van der Waals surface area contributed by atoms with E-state index in [1.54, 1.807) is 24.5 Å². The topological polar surface area (TPSA) is 117 Å². The minimum atomic E-state index is -3.79. The monoisotopic (exact) mass is 414 g/mol. The summed E-state index contributed by atoms with van der Waals surface area (Å²) in [5.74, 6) is 1.25. The molecule has 3 aromatic heterocycles. The fourth-order valence-corrected chi connectivity index (χ4v) is 4.19. The molecule has 28 heavy (non-hydrogen) atoms. The number of thiazole rings is 1. The Bertz CT molecular complexity index is 1230. The van der Waals surface area contributed by atoms with E-state index in [1.165, 1.54) is 23.5 Å². The Hall–Kier alpha value is -2.69. The maximum atomic E-state index is 11.7. The van der Waals surface area contributed by atoms with Crippen LogP contribution in [0.15, 0.2) is 46.9 Å². The first-order chi connectivity index (χ1) is 13.5. The number of benzene rings is 1. The van der Waals surface area contributed by atoms with Gasteiger partial charge in [0.15, 0.2) is 16.7 Å². The number of primary sulfonamides is 1. The van der Waals surface area contributed by atoms with Gasteiger partial charge < -0.3 is 4.57 Å². The number of unbranched alkanes of at least 4 members (excludes halogenated alkanes) is 1. The lowest BCUT2D eigenvalue weighted by Gasteiger charge is -2.07. The molecule has 0 aliphatic heterocycles. The molecule has 2 N–H and O–H groups in total. The van der Waals surface area contributed by atoms with Crippen molar-refractivity contribution in [2.75, 3.05) is 0 Å². The summed E-state index contributed by atoms with van der Waals surface area (Å²) in [6.45, 7) is 2.87. The summed E-state index contributed by atoms with van der Waals surface area (Å²) >= 11 is 1.44. The van der Waals surface area contributed by atoms with Crippen molar-refractivity contribution < 1.29 is 8.42 Å². The van der Waals surface area contributed by atoms with Crippen molar-refractivity contribution in [2.45, 2.75) is 31.2 Å². The Labute approximate surface area is 166 Å². The minimum Gasteiger partial charge on any atom is -0.323 e. The van der Waals surface area contributed by atoms with Gasteiger partial charge in [-0.25, -0.2) is 33.5 Å². The summed E-state index contributed by atoms with van der Waals surface area (Å²) in [7, 11) is -3.79. The second kappa shape index (κ2) is 7.38. The lowest BCUT2D eigenvalue weighted by molar-refractivity contribution is 0.598. The highest BCUT2D eigenvalue weighted by atomic mass is 32.2. The van der Waals surface area contributed by atoms with Gasteiger partial charge in [-0.2, -0.15) is 0 Å². The van der Waals surface area contributed by atoms with Gasteiger partial charge in [0, 0.05) is 24.3 Å². The highest BCUT2D eigenvalue weighted by Gasteiger charge is 2.18. The molecule has 0 aliphatic rings. The summed E-state index contributed by atoms with van der Waals surface area (Å²) in [5, 5.41) is 7.88. The van der Waals surface area contributed by atoms with Gasteiger partial charge in [-0.15, -0.1) is 11.3 Å². The van der Waals surface area contributed by atoms with E-state index in [4.69, 9.17) is 5.14 Å². The van der Waals surface area contributed by atoms with Gasteiger partial charge in [0.1, 0.15) is 5.69 Å². The average Bonchev–Trinajstić information content (AvgIpc) is 3.30. The minimum absolute atomic E-state index is 0.0448. The van der Waals surface area contributed by atoms with Crippen LogP contribution in [0.5, 0.6) is 0 Å². The molecule has 0 bridgehead atoms. The summed E-state index contributed by atoms with van der Waals surface area (Å²) in [6, 6.07) is 6.51. The van der Waals surface area contributed by atoms with Crippen LogP contribution in [-0.2, 0) is 16.6 Å². The van der Waals surface area contributed by atoms with E-state index in [9.17, 15) is 8.42 Å². The van der Waals surface area contributed by atoms with E-state index >= 15 is 0 Å². The normalized spacial score (nSPS) is 11.9. The van der Waals surface area contributed by atoms with Crippen molar-refractivity contribution in [1.29, 1.82) is 0 Å². The first-order valence-electron chi connectivity index (χ1n) is 8.73. The van der Waals surface area contributed by atoms with Crippen LogP contribution in [0.4, 0.5) is 0 Å². The third-order valence-electron chi connectivity index (χ3n) is 4.27. The average molecular weight is 415 g/mol. The van der Waals surface area contributed by atoms with Gasteiger partial charge in [-0.3, -0.25) is 0 Å². The number of fused-ring (bicyclic) bond motifs is 1. The standard InChI is InChI=1S/C18H18N6O2S2/c1-2-3-9-24-15-6-5-12(28(19,25)26)10-13(15)22-17(24)14-11-27-18(23-14)16-20-7-4-8-21-16/h4-8,10-11H,2-3,9H2,1H3,(H2,19,25,26). The maximum absolute atomic E-state index is 11.7. The van der Waals surface area contributed by atoms with Crippen molar-refractivity contribution in [3.8, 4) is 22.4 Å². The number of nitrogens with zero attached hydrogens (tertiary/aromatic N) is 5. The molecule has 0 atom stereocenters. The van der Waals surface area contributed by atoms with Gasteiger partial charge in [-0.05, 0) is 30.7 Å². The zero-order valence-corrected chi connectivity index (χ0v) is 16.7. The van der Waals surface area contributed by atoms with Crippen molar-refractivity contribution in [3.63, 3.8) is 0 Å². The molecule has 3 heterocycles. The van der Waals surface area contributed by atoms with Crippen LogP contribution in [0.3, 0.4) is 0 Å². The van der Waals surface area contributed by atoms with Gasteiger partial charge >= 0.3 is 0 Å². The Morgan fingerprint density at radius 2 is 1.96 bits per heavy atom. The zero-order valence-electron chi connectivity index (χ0n) is 15.1. The second-order valence-electron chi connectivity index (χ2n) is 6.25. The number of hydrogen-bond acceptors (Lipinski definition) is 7. The second-order valence-corrected chi connectivity index (χ2v) is 8.67. The predicted molar refractivity (Wildman–Crippen MR) is 108 cm³/mol. The van der Waals surface area contributed by atoms with E-state index in [0.717, 1.165) is 24.9 Å². The molecule has 4 aromatic rings. The Morgan fingerprint density at radius 3 is 2.68 bits per heavy atom. The molecular weight excluding hydrogens is 396 g/mol. The first-order valence-corrected chi connectivity index (χ1v) is 11.2. The SMILES string of the molecule is CCCCn1c(-c2csc(-c3ncccn3)n2)nc2cc(S(N)(=O)=O)ccc21. The lowest BCUT2D eigenvalue weighted by atomic mass is 10.3. The lowest BCUT2D eigenvalue weighted by Crippen LogP contribution is -2.11. The predicted octanol–water partition coefficient (Wildman–Crippen LogP) is 3.06. The van der Waals surface area contributed by atoms with E-state index in [1.807, 2.05) is 5.38 Å². The molecule has 8 nitrogen and oxygen atoms in total. The molecule has 0 radical (unpaired) electrons. The molecule has 0 spiro atoms. The summed E-state index contributed by atoms with van der Waals surface area (Å²) in [5.41, 5.74) is 2.13. The molecule has 0 amide bonds. The van der Waals surface area contributed by atoms with Crippen molar-refractivity contribution in [1.82, 2.24) is 24.5 Å². The number of rotatable bonds is 6. The van der Waals surface area contributed by atoms with Gasteiger partial charge in [0.2, 0.25) is 10.0 Å². The largest absolute Gasteiger partial charge is 0.323 e. The van der Waals surface area contributed by atoms with Crippen LogP contribution in [0, 0.1) is 0 Å². The Morgan fingerprint density at radius 1 is 1.18 bits per heavy atom. The molecular formula is C18H18N6O2S2. The highest BCUT2D eigenvalue weighted by Crippen LogP contribution is 2.30. The van der Waals surface area contributed by atoms with Gasteiger partial charge in [-0.1, -0.05) is 13.3 Å². The summed E-state index contributed by atoms with van der Waals surface area (Å²) < 4.78 is 25.4. The molecule has 0 fully saturated rings. The third kappa shape index (κ3) is 3.53. The number of nitrogens with two attached hydrogens (primary N) is 1. The van der Waals surface area contributed by atoms with E-state index in [0.29, 0.717) is 27.9 Å². The van der Waals surface area contributed by atoms with E-state index in [2.05, 4.69) is 31.4 Å². The van der Waals surface area contributed by atoms with Crippen molar-refractivity contribution in [2.24, 2.45) is 5.14 Å². The Balaban J connectivity index is 1.84. The van der Waals surface area contributed by atoms with Crippen LogP contribution in [0.2, 0.25) is 0 Å². The molecule has 10 heteroatoms. The molecule has 144 valence electrons. The van der Waals surface area contributed by atoms with E-state index < -0.39 is 10.0 Å². The number of sulfonamides is 1. The number of hydrogen-bond donors (Lipinski definition) is 1. The summed E-state index contributed by atoms with van der Waals surface area (Å²) in [6.07, 6.45) is 5.34. The molecule has 0 saturated carbocycles. The van der Waals surface area contributed by atoms with Crippen LogP contribution in [-0.4, -0.2) is 32.9 Å². The zero-order chi connectivity index (χ0) is 19.7. The first kappa shape index (κ1) is 18.7. The highest BCUT2D eigenvalue weighted by molar-refractivity contribution is 7.89. The van der Waals surface area contributed by atoms with Gasteiger partial charge in [0.05, 0.1) is 15.9 Å². The summed E-state index contributed by atoms with van der Waals surface area (Å²) in [4.78, 5) is 17.8. The number of imidazole rings is 1. The van der Waals surface area contributed by atoms with Crippen LogP contribution >= 0.6 is 11.3 Å². The molecule has 4 rings (SSSR count). The smallest absolute Gasteiger partial charge is 0.238 e. The fraction of sp³-hybridized carbons (Fsp3) is 0.222. The quantitative estimate of drug-likeness (QED) is 0.518. The van der Waals surface area contributed by atoms with Crippen LogP contribution < -0.4 is 5.14 Å².